The van der Waals surface area contributed by atoms with Crippen molar-refractivity contribution in [3.05, 3.63) is 41.8 Å². The van der Waals surface area contributed by atoms with E-state index in [4.69, 9.17) is 0 Å². The van der Waals surface area contributed by atoms with Crippen molar-refractivity contribution in [2.45, 2.75) is 23.9 Å². The van der Waals surface area contributed by atoms with E-state index < -0.39 is 15.4 Å². The number of nitrogens with one attached hydrogen (secondary N) is 1. The summed E-state index contributed by atoms with van der Waals surface area (Å²) in [5.74, 6) is 0.739. The van der Waals surface area contributed by atoms with E-state index in [1.807, 2.05) is 41.8 Å². The molecule has 1 aliphatic rings. The third kappa shape index (κ3) is 4.21. The van der Waals surface area contributed by atoms with Gasteiger partial charge in [-0.2, -0.15) is 0 Å². The minimum atomic E-state index is -3.07. The number of carbonyl (C=O) groups excluding carboxylic acids is 1. The minimum absolute atomic E-state index is 0.00459. The Bertz CT molecular complexity index is 1130. The summed E-state index contributed by atoms with van der Waals surface area (Å²) in [5.41, 5.74) is 0.143. The van der Waals surface area contributed by atoms with Gasteiger partial charge in [-0.05, 0) is 30.9 Å². The van der Waals surface area contributed by atoms with E-state index in [-0.39, 0.29) is 23.2 Å². The molecule has 4 rings (SSSR count). The largest absolute Gasteiger partial charge is 0.349 e. The van der Waals surface area contributed by atoms with Crippen molar-refractivity contribution in [2.75, 3.05) is 17.3 Å². The van der Waals surface area contributed by atoms with Crippen LogP contribution < -0.4 is 5.32 Å². The maximum atomic E-state index is 12.5. The van der Waals surface area contributed by atoms with E-state index >= 15 is 0 Å². The first kappa shape index (κ1) is 19.4. The predicted molar refractivity (Wildman–Crippen MR) is 113 cm³/mol. The van der Waals surface area contributed by atoms with Gasteiger partial charge < -0.3 is 5.32 Å². The van der Waals surface area contributed by atoms with Crippen LogP contribution in [0.2, 0.25) is 0 Å². The Morgan fingerprint density at radius 1 is 1.25 bits per heavy atom. The van der Waals surface area contributed by atoms with Crippen LogP contribution in [0.25, 0.3) is 21.6 Å². The first-order valence-electron chi connectivity index (χ1n) is 8.79. The average Bonchev–Trinajstić information content (AvgIpc) is 3.27. The van der Waals surface area contributed by atoms with E-state index in [0.717, 1.165) is 20.8 Å². The quantitative estimate of drug-likeness (QED) is 0.491. The molecule has 1 aliphatic heterocycles. The third-order valence-corrected chi connectivity index (χ3v) is 8.35. The Morgan fingerprint density at radius 2 is 2.07 bits per heavy atom. The molecule has 3 aromatic rings. The summed E-state index contributed by atoms with van der Waals surface area (Å²) >= 11 is 2.91. The van der Waals surface area contributed by atoms with Crippen molar-refractivity contribution in [1.82, 2.24) is 15.3 Å². The molecule has 2 aromatic heterocycles. The Kier molecular flexibility index (Phi) is 5.15. The van der Waals surface area contributed by atoms with Gasteiger partial charge in [0.05, 0.1) is 33.2 Å². The van der Waals surface area contributed by atoms with Gasteiger partial charge in [0.1, 0.15) is 5.03 Å². The Hall–Kier alpha value is -1.97. The molecule has 1 atom stereocenters. The molecule has 0 aliphatic carbocycles. The van der Waals surface area contributed by atoms with Gasteiger partial charge in [0.25, 0.3) is 0 Å². The van der Waals surface area contributed by atoms with Crippen LogP contribution in [0.3, 0.4) is 0 Å². The number of amides is 1. The van der Waals surface area contributed by atoms with E-state index in [1.165, 1.54) is 11.8 Å². The van der Waals surface area contributed by atoms with Crippen molar-refractivity contribution in [3.63, 3.8) is 0 Å². The first-order valence-corrected chi connectivity index (χ1v) is 12.5. The number of carbonyl (C=O) groups is 1. The van der Waals surface area contributed by atoms with Crippen molar-refractivity contribution < 1.29 is 13.2 Å². The molecule has 1 amide bonds. The fourth-order valence-electron chi connectivity index (χ4n) is 3.29. The van der Waals surface area contributed by atoms with Crippen LogP contribution in [0, 0.1) is 0 Å². The molecule has 0 radical (unpaired) electrons. The van der Waals surface area contributed by atoms with Crippen molar-refractivity contribution in [3.8, 4) is 10.7 Å². The van der Waals surface area contributed by atoms with Crippen LogP contribution in [-0.4, -0.2) is 47.1 Å². The molecule has 1 unspecified atom stereocenters. The number of benzene rings is 1. The summed E-state index contributed by atoms with van der Waals surface area (Å²) in [6, 6.07) is 11.6. The number of thioether (sulfide) groups is 1. The van der Waals surface area contributed by atoms with Gasteiger partial charge in [-0.3, -0.25) is 4.79 Å². The zero-order valence-corrected chi connectivity index (χ0v) is 17.7. The maximum Gasteiger partial charge on any atom is 0.230 e. The molecule has 6 nitrogen and oxygen atoms in total. The first-order chi connectivity index (χ1) is 13.3. The maximum absolute atomic E-state index is 12.5. The van der Waals surface area contributed by atoms with Gasteiger partial charge in [0, 0.05) is 5.39 Å². The molecular formula is C19H19N3O3S3. The summed E-state index contributed by atoms with van der Waals surface area (Å²) in [6.07, 6.45) is 0.449. The Labute approximate surface area is 171 Å². The summed E-state index contributed by atoms with van der Waals surface area (Å²) in [4.78, 5) is 22.8. The fourth-order valence-corrected chi connectivity index (χ4v) is 6.86. The molecular weight excluding hydrogens is 414 g/mol. The van der Waals surface area contributed by atoms with E-state index in [2.05, 4.69) is 15.3 Å². The highest BCUT2D eigenvalue weighted by Crippen LogP contribution is 2.30. The minimum Gasteiger partial charge on any atom is -0.349 e. The molecule has 0 spiro atoms. The SMILES string of the molecule is CC1(NC(=O)CSc2nc(-c3cccs3)nc3ccccc23)CCS(=O)(=O)C1. The van der Waals surface area contributed by atoms with Crippen molar-refractivity contribution >= 4 is 49.7 Å². The number of fused-ring (bicyclic) bond motifs is 1. The number of nitrogens with zero attached hydrogens (tertiary/aromatic N) is 2. The number of hydrogen-bond donors (Lipinski definition) is 1. The molecule has 0 saturated carbocycles. The monoisotopic (exact) mass is 433 g/mol. The number of thiophene rings is 1. The highest BCUT2D eigenvalue weighted by Gasteiger charge is 2.39. The zero-order chi connectivity index (χ0) is 19.8. The summed E-state index contributed by atoms with van der Waals surface area (Å²) < 4.78 is 23.5. The second-order valence-corrected chi connectivity index (χ2v) is 11.2. The highest BCUT2D eigenvalue weighted by atomic mass is 32.2. The molecule has 0 bridgehead atoms. The molecule has 1 fully saturated rings. The van der Waals surface area contributed by atoms with Crippen LogP contribution in [-0.2, 0) is 14.6 Å². The number of aromatic nitrogens is 2. The van der Waals surface area contributed by atoms with Crippen molar-refractivity contribution in [2.24, 2.45) is 0 Å². The predicted octanol–water partition coefficient (Wildman–Crippen LogP) is 3.14. The molecule has 9 heteroatoms. The molecule has 1 aromatic carbocycles. The molecule has 1 N–H and O–H groups in total. The number of sulfone groups is 1. The number of para-hydroxylation sites is 1. The highest BCUT2D eigenvalue weighted by molar-refractivity contribution is 8.00. The van der Waals surface area contributed by atoms with Gasteiger partial charge in [0.2, 0.25) is 5.91 Å². The lowest BCUT2D eigenvalue weighted by Crippen LogP contribution is -2.47. The summed E-state index contributed by atoms with van der Waals surface area (Å²) in [5, 5.41) is 6.51. The number of rotatable bonds is 5. The molecule has 3 heterocycles. The Morgan fingerprint density at radius 3 is 2.79 bits per heavy atom. The van der Waals surface area contributed by atoms with Crippen LogP contribution in [0.1, 0.15) is 13.3 Å². The van der Waals surface area contributed by atoms with E-state index in [1.54, 1.807) is 18.3 Å². The standard InChI is InChI=1S/C19H19N3O3S3/c1-19(8-10-28(24,25)12-19)22-16(23)11-27-18-13-5-2-3-6-14(13)20-17(21-18)15-7-4-9-26-15/h2-7,9H,8,10-12H2,1H3,(H,22,23). The number of hydrogen-bond acceptors (Lipinski definition) is 7. The third-order valence-electron chi connectivity index (χ3n) is 4.59. The molecule has 1 saturated heterocycles. The lowest BCUT2D eigenvalue weighted by molar-refractivity contribution is -0.120. The second-order valence-electron chi connectivity index (χ2n) is 7.09. The molecule has 146 valence electrons. The average molecular weight is 434 g/mol. The van der Waals surface area contributed by atoms with Crippen LogP contribution in [0.5, 0.6) is 0 Å². The smallest absolute Gasteiger partial charge is 0.230 e. The van der Waals surface area contributed by atoms with Crippen molar-refractivity contribution in [1.29, 1.82) is 0 Å². The van der Waals surface area contributed by atoms with Gasteiger partial charge >= 0.3 is 0 Å². The second kappa shape index (κ2) is 7.46. The van der Waals surface area contributed by atoms with Crippen LogP contribution >= 0.6 is 23.1 Å². The van der Waals surface area contributed by atoms with E-state index in [9.17, 15) is 13.2 Å². The summed E-state index contributed by atoms with van der Waals surface area (Å²) in [7, 11) is -3.07. The van der Waals surface area contributed by atoms with Crippen LogP contribution in [0.4, 0.5) is 0 Å². The zero-order valence-electron chi connectivity index (χ0n) is 15.2. The van der Waals surface area contributed by atoms with Gasteiger partial charge in [-0.25, -0.2) is 18.4 Å². The van der Waals surface area contributed by atoms with Crippen LogP contribution in [0.15, 0.2) is 46.8 Å². The van der Waals surface area contributed by atoms with E-state index in [0.29, 0.717) is 12.2 Å². The topological polar surface area (TPSA) is 89.0 Å². The summed E-state index contributed by atoms with van der Waals surface area (Å²) in [6.45, 7) is 1.79. The van der Waals surface area contributed by atoms with Gasteiger partial charge in [-0.15, -0.1) is 11.3 Å². The Balaban J connectivity index is 1.54. The lowest BCUT2D eigenvalue weighted by Gasteiger charge is -2.23. The fraction of sp³-hybridized carbons (Fsp3) is 0.316. The van der Waals surface area contributed by atoms with Gasteiger partial charge in [-0.1, -0.05) is 36.0 Å². The van der Waals surface area contributed by atoms with Gasteiger partial charge in [0.15, 0.2) is 15.7 Å². The normalized spacial score (nSPS) is 21.0. The molecule has 28 heavy (non-hydrogen) atoms. The lowest BCUT2D eigenvalue weighted by atomic mass is 10.0.